The van der Waals surface area contributed by atoms with Gasteiger partial charge in [-0.25, -0.2) is 4.79 Å². The predicted molar refractivity (Wildman–Crippen MR) is 104 cm³/mol. The standard InChI is InChI=1S/C21H25N3O4/c1-6-21(15-7-9-16(28-5)10-8-15)19(26)24(20(27)22-21)12-18(25)17-11-13(2)23(4)14(17)3/h7-11H,6,12H2,1-5H3,(H,22,27)/t21-/m1/s1. The molecular formula is C21H25N3O4. The summed E-state index contributed by atoms with van der Waals surface area (Å²) in [6, 6.07) is 8.24. The number of nitrogens with one attached hydrogen (secondary N) is 1. The fourth-order valence-electron chi connectivity index (χ4n) is 3.65. The van der Waals surface area contributed by atoms with Crippen molar-refractivity contribution in [2.45, 2.75) is 32.7 Å². The summed E-state index contributed by atoms with van der Waals surface area (Å²) in [6.07, 6.45) is 0.373. The number of carbonyl (C=O) groups is 3. The van der Waals surface area contributed by atoms with Crippen LogP contribution < -0.4 is 10.1 Å². The highest BCUT2D eigenvalue weighted by molar-refractivity contribution is 6.11. The number of methoxy groups -OCH3 is 1. The lowest BCUT2D eigenvalue weighted by molar-refractivity contribution is -0.131. The smallest absolute Gasteiger partial charge is 0.325 e. The Morgan fingerprint density at radius 1 is 1.18 bits per heavy atom. The molecule has 0 saturated carbocycles. The number of hydrogen-bond donors (Lipinski definition) is 1. The summed E-state index contributed by atoms with van der Waals surface area (Å²) < 4.78 is 7.07. The zero-order chi connectivity index (χ0) is 20.6. The third-order valence-corrected chi connectivity index (χ3v) is 5.67. The minimum absolute atomic E-state index is 0.258. The van der Waals surface area contributed by atoms with Gasteiger partial charge in [0.2, 0.25) is 0 Å². The summed E-state index contributed by atoms with van der Waals surface area (Å²) in [7, 11) is 3.44. The first kappa shape index (κ1) is 19.7. The molecule has 2 heterocycles. The number of aryl methyl sites for hydroxylation is 1. The molecular weight excluding hydrogens is 358 g/mol. The molecule has 1 saturated heterocycles. The van der Waals surface area contributed by atoms with Crippen LogP contribution in [0.25, 0.3) is 0 Å². The second kappa shape index (κ2) is 7.14. The van der Waals surface area contributed by atoms with E-state index in [-0.39, 0.29) is 12.3 Å². The van der Waals surface area contributed by atoms with Crippen LogP contribution in [0, 0.1) is 13.8 Å². The van der Waals surface area contributed by atoms with E-state index < -0.39 is 17.5 Å². The van der Waals surface area contributed by atoms with Crippen LogP contribution in [0.4, 0.5) is 4.79 Å². The van der Waals surface area contributed by atoms with Crippen molar-refractivity contribution in [1.82, 2.24) is 14.8 Å². The van der Waals surface area contributed by atoms with Crippen LogP contribution in [0.15, 0.2) is 30.3 Å². The summed E-state index contributed by atoms with van der Waals surface area (Å²) in [5.41, 5.74) is 1.77. The number of hydrogen-bond acceptors (Lipinski definition) is 4. The largest absolute Gasteiger partial charge is 0.497 e. The molecule has 0 spiro atoms. The first-order valence-corrected chi connectivity index (χ1v) is 9.20. The molecule has 2 aromatic rings. The number of rotatable bonds is 6. The van der Waals surface area contributed by atoms with Crippen molar-refractivity contribution in [2.75, 3.05) is 13.7 Å². The number of urea groups is 1. The minimum Gasteiger partial charge on any atom is -0.497 e. The van der Waals surface area contributed by atoms with Crippen LogP contribution >= 0.6 is 0 Å². The van der Waals surface area contributed by atoms with Gasteiger partial charge in [0.1, 0.15) is 11.3 Å². The fourth-order valence-corrected chi connectivity index (χ4v) is 3.65. The molecule has 0 bridgehead atoms. The van der Waals surface area contributed by atoms with Crippen molar-refractivity contribution in [3.63, 3.8) is 0 Å². The summed E-state index contributed by atoms with van der Waals surface area (Å²) in [4.78, 5) is 39.6. The van der Waals surface area contributed by atoms with Gasteiger partial charge >= 0.3 is 6.03 Å². The number of benzene rings is 1. The molecule has 28 heavy (non-hydrogen) atoms. The molecule has 1 aliphatic heterocycles. The quantitative estimate of drug-likeness (QED) is 0.614. The Kier molecular flexibility index (Phi) is 5.02. The number of aromatic nitrogens is 1. The summed E-state index contributed by atoms with van der Waals surface area (Å²) in [5, 5.41) is 2.80. The molecule has 1 aromatic heterocycles. The van der Waals surface area contributed by atoms with E-state index in [1.807, 2.05) is 32.4 Å². The zero-order valence-corrected chi connectivity index (χ0v) is 16.8. The monoisotopic (exact) mass is 383 g/mol. The molecule has 3 amide bonds. The first-order chi connectivity index (χ1) is 13.2. The third kappa shape index (κ3) is 2.96. The van der Waals surface area contributed by atoms with Crippen LogP contribution in [0.2, 0.25) is 0 Å². The van der Waals surface area contributed by atoms with Crippen LogP contribution in [-0.4, -0.2) is 40.8 Å². The molecule has 3 rings (SSSR count). The van der Waals surface area contributed by atoms with Gasteiger partial charge in [-0.1, -0.05) is 19.1 Å². The highest BCUT2D eigenvalue weighted by Gasteiger charge is 2.51. The lowest BCUT2D eigenvalue weighted by Crippen LogP contribution is -2.43. The van der Waals surface area contributed by atoms with E-state index in [9.17, 15) is 14.4 Å². The van der Waals surface area contributed by atoms with Gasteiger partial charge in [0.15, 0.2) is 5.78 Å². The molecule has 1 aromatic carbocycles. The van der Waals surface area contributed by atoms with Crippen molar-refractivity contribution in [3.8, 4) is 5.75 Å². The van der Waals surface area contributed by atoms with Crippen molar-refractivity contribution < 1.29 is 19.1 Å². The third-order valence-electron chi connectivity index (χ3n) is 5.67. The minimum atomic E-state index is -1.18. The van der Waals surface area contributed by atoms with Gasteiger partial charge in [-0.15, -0.1) is 0 Å². The van der Waals surface area contributed by atoms with Crippen molar-refractivity contribution in [2.24, 2.45) is 7.05 Å². The Labute approximate surface area is 164 Å². The normalized spacial score (nSPS) is 19.1. The topological polar surface area (TPSA) is 80.6 Å². The maximum Gasteiger partial charge on any atom is 0.325 e. The van der Waals surface area contributed by atoms with Crippen LogP contribution in [-0.2, 0) is 17.4 Å². The molecule has 0 unspecified atom stereocenters. The summed E-state index contributed by atoms with van der Waals surface area (Å²) in [6.45, 7) is 5.30. The number of carbonyl (C=O) groups excluding carboxylic acids is 3. The second-order valence-corrected chi connectivity index (χ2v) is 7.08. The lowest BCUT2D eigenvalue weighted by Gasteiger charge is -2.26. The fraction of sp³-hybridized carbons (Fsp3) is 0.381. The van der Waals surface area contributed by atoms with E-state index in [0.717, 1.165) is 16.3 Å². The molecule has 1 aliphatic rings. The average molecular weight is 383 g/mol. The molecule has 7 nitrogen and oxygen atoms in total. The summed E-state index contributed by atoms with van der Waals surface area (Å²) in [5.74, 6) is -0.0103. The maximum absolute atomic E-state index is 13.2. The molecule has 148 valence electrons. The Balaban J connectivity index is 1.89. The van der Waals surface area contributed by atoms with Gasteiger partial charge in [-0.05, 0) is 44.0 Å². The van der Waals surface area contributed by atoms with Crippen LogP contribution in [0.1, 0.15) is 40.7 Å². The number of ether oxygens (including phenoxy) is 1. The predicted octanol–water partition coefficient (Wildman–Crippen LogP) is 2.69. The Bertz CT molecular complexity index is 945. The van der Waals surface area contributed by atoms with E-state index in [4.69, 9.17) is 4.74 Å². The number of ketones is 1. The highest BCUT2D eigenvalue weighted by atomic mass is 16.5. The molecule has 0 radical (unpaired) electrons. The van der Waals surface area contributed by atoms with Gasteiger partial charge in [-0.2, -0.15) is 0 Å². The maximum atomic E-state index is 13.2. The van der Waals surface area contributed by atoms with Crippen LogP contribution in [0.3, 0.4) is 0 Å². The molecule has 1 atom stereocenters. The molecule has 1 N–H and O–H groups in total. The van der Waals surface area contributed by atoms with E-state index in [0.29, 0.717) is 23.3 Å². The van der Waals surface area contributed by atoms with Crippen molar-refractivity contribution in [1.29, 1.82) is 0 Å². The van der Waals surface area contributed by atoms with Gasteiger partial charge < -0.3 is 14.6 Å². The van der Waals surface area contributed by atoms with Crippen LogP contribution in [0.5, 0.6) is 5.75 Å². The molecule has 0 aliphatic carbocycles. The first-order valence-electron chi connectivity index (χ1n) is 9.20. The Hall–Kier alpha value is -3.09. The van der Waals surface area contributed by atoms with Gasteiger partial charge in [0, 0.05) is 24.0 Å². The van der Waals surface area contributed by atoms with E-state index >= 15 is 0 Å². The van der Waals surface area contributed by atoms with Crippen molar-refractivity contribution in [3.05, 3.63) is 52.8 Å². The number of Topliss-reactive ketones (excluding diaryl/α,β-unsaturated/α-hetero) is 1. The number of imide groups is 1. The SMILES string of the molecule is CC[C@]1(c2ccc(OC)cc2)NC(=O)N(CC(=O)c2cc(C)n(C)c2C)C1=O. The van der Waals surface area contributed by atoms with Gasteiger partial charge in [0.05, 0.1) is 13.7 Å². The van der Waals surface area contributed by atoms with E-state index in [2.05, 4.69) is 5.32 Å². The van der Waals surface area contributed by atoms with E-state index in [1.54, 1.807) is 37.4 Å². The number of amides is 3. The van der Waals surface area contributed by atoms with Crippen molar-refractivity contribution >= 4 is 17.7 Å². The molecule has 1 fully saturated rings. The average Bonchev–Trinajstić information content (AvgIpc) is 3.10. The molecule has 7 heteroatoms. The number of nitrogens with zero attached hydrogens (tertiary/aromatic N) is 2. The van der Waals surface area contributed by atoms with Gasteiger partial charge in [-0.3, -0.25) is 14.5 Å². The summed E-state index contributed by atoms with van der Waals surface area (Å²) >= 11 is 0. The van der Waals surface area contributed by atoms with Gasteiger partial charge in [0.25, 0.3) is 5.91 Å². The Morgan fingerprint density at radius 2 is 1.82 bits per heavy atom. The van der Waals surface area contributed by atoms with E-state index in [1.165, 1.54) is 0 Å². The Morgan fingerprint density at radius 3 is 2.32 bits per heavy atom. The second-order valence-electron chi connectivity index (χ2n) is 7.08. The zero-order valence-electron chi connectivity index (χ0n) is 16.8. The highest BCUT2D eigenvalue weighted by Crippen LogP contribution is 2.33. The lowest BCUT2D eigenvalue weighted by atomic mass is 9.87.